The predicted molar refractivity (Wildman–Crippen MR) is 152 cm³/mol. The monoisotopic (exact) mass is 742 g/mol. The Labute approximate surface area is 267 Å². The first-order valence-electron chi connectivity index (χ1n) is 12.9. The lowest BCUT2D eigenvalue weighted by Crippen LogP contribution is -2.42. The van der Waals surface area contributed by atoms with Crippen molar-refractivity contribution in [3.63, 3.8) is 0 Å². The van der Waals surface area contributed by atoms with Gasteiger partial charge in [0.2, 0.25) is 11.6 Å². The summed E-state index contributed by atoms with van der Waals surface area (Å²) < 4.78 is 67.6. The van der Waals surface area contributed by atoms with Crippen molar-refractivity contribution >= 4 is 58.5 Å². The zero-order valence-electron chi connectivity index (χ0n) is 23.9. The van der Waals surface area contributed by atoms with Gasteiger partial charge < -0.3 is 50.3 Å². The highest BCUT2D eigenvalue weighted by molar-refractivity contribution is 7.61. The van der Waals surface area contributed by atoms with Gasteiger partial charge in [-0.1, -0.05) is 0 Å². The standard InChI is InChI=1S/C21H26N7O17P3/c22-18-15-20(25-8-24-18)28(9-26-15)21-17(44-46(33,34)35)16(31)14(43-21)7-42-48(38,39)45-47(36,37)41-6-13(12(30)5-29)40-10-27-3-1-2-11(4-27)19(23)32/h1-5,8-9,12-14,16,30-31H,6-7,10H2,(H7-,22,23,24,25,32,33,34,35,36,37,38,39)/p+1/t12-,13+,14+,16-/m1/s1. The number of aliphatic hydroxyl groups is 2. The van der Waals surface area contributed by atoms with Crippen LogP contribution in [0.1, 0.15) is 10.4 Å². The molecule has 0 radical (unpaired) electrons. The summed E-state index contributed by atoms with van der Waals surface area (Å²) >= 11 is 0. The molecule has 3 aromatic rings. The van der Waals surface area contributed by atoms with E-state index in [4.69, 9.17) is 20.9 Å². The summed E-state index contributed by atoms with van der Waals surface area (Å²) in [6.07, 6.45) is -2.66. The van der Waals surface area contributed by atoms with Crippen LogP contribution < -0.4 is 16.0 Å². The van der Waals surface area contributed by atoms with Crippen molar-refractivity contribution in [3.05, 3.63) is 48.5 Å². The van der Waals surface area contributed by atoms with Crippen molar-refractivity contribution in [1.29, 1.82) is 0 Å². The van der Waals surface area contributed by atoms with Gasteiger partial charge in [-0.15, -0.1) is 0 Å². The largest absolute Gasteiger partial charge is 0.524 e. The van der Waals surface area contributed by atoms with E-state index < -0.39 is 85.4 Å². The smallest absolute Gasteiger partial charge is 0.467 e. The Morgan fingerprint density at radius 1 is 1.15 bits per heavy atom. The average molecular weight is 742 g/mol. The van der Waals surface area contributed by atoms with Gasteiger partial charge in [0, 0.05) is 6.07 Å². The summed E-state index contributed by atoms with van der Waals surface area (Å²) in [5.41, 5.74) is 11.0. The Hall–Kier alpha value is -3.73. The number of primary amides is 1. The van der Waals surface area contributed by atoms with E-state index in [0.717, 1.165) is 17.2 Å². The average Bonchev–Trinajstić information content (AvgIpc) is 3.56. The third-order valence-corrected chi connectivity index (χ3v) is 9.04. The summed E-state index contributed by atoms with van der Waals surface area (Å²) in [5.74, 6) is -2.32. The van der Waals surface area contributed by atoms with Gasteiger partial charge in [-0.3, -0.25) is 23.6 Å². The lowest BCUT2D eigenvalue weighted by atomic mass is 10.2. The normalized spacial score (nSPS) is 20.5. The predicted octanol–water partition coefficient (Wildman–Crippen LogP) is -2.36. The van der Waals surface area contributed by atoms with Gasteiger partial charge in [0.05, 0.1) is 13.2 Å². The number of phosphoric acid groups is 3. The van der Waals surface area contributed by atoms with E-state index in [1.54, 1.807) is 0 Å². The molecule has 262 valence electrons. The fourth-order valence-corrected chi connectivity index (χ4v) is 6.39. The SMILES string of the molecule is NC(=O)c1ccc[n+](CO[C@@H](COP(=O)(O)OP(=O)(O)OC[C@@H]2OC(n3cnc4c(N)ncnc43)=C(OP(=O)(O)O)[C@@H]2O)[C@H](O)C=O)c1. The molecule has 3 aromatic heterocycles. The minimum Gasteiger partial charge on any atom is -0.467 e. The van der Waals surface area contributed by atoms with Gasteiger partial charge in [-0.2, -0.15) is 8.88 Å². The number of ether oxygens (including phenoxy) is 2. The first kappa shape index (κ1) is 37.1. The zero-order valence-corrected chi connectivity index (χ0v) is 26.6. The molecule has 0 aromatic carbocycles. The maximum absolute atomic E-state index is 12.5. The van der Waals surface area contributed by atoms with Gasteiger partial charge in [-0.05, 0) is 6.07 Å². The summed E-state index contributed by atoms with van der Waals surface area (Å²) in [7, 11) is -16.4. The molecule has 10 N–H and O–H groups in total. The minimum atomic E-state index is -5.57. The van der Waals surface area contributed by atoms with Crippen LogP contribution in [0.3, 0.4) is 0 Å². The second-order valence-electron chi connectivity index (χ2n) is 9.44. The van der Waals surface area contributed by atoms with Crippen molar-refractivity contribution < 1.29 is 85.0 Å². The number of nitrogen functional groups attached to an aromatic ring is 1. The number of aliphatic hydroxyl groups excluding tert-OH is 2. The molecule has 24 nitrogen and oxygen atoms in total. The topological polar surface area (TPSA) is 362 Å². The number of anilines is 1. The molecule has 0 spiro atoms. The number of pyridine rings is 1. The van der Waals surface area contributed by atoms with Crippen molar-refractivity contribution in [2.75, 3.05) is 18.9 Å². The number of phosphoric ester groups is 3. The van der Waals surface area contributed by atoms with Gasteiger partial charge in [-0.25, -0.2) is 33.2 Å². The molecule has 0 bridgehead atoms. The first-order valence-corrected chi connectivity index (χ1v) is 17.4. The second kappa shape index (κ2) is 14.8. The van der Waals surface area contributed by atoms with E-state index in [1.807, 2.05) is 0 Å². The molecule has 4 heterocycles. The van der Waals surface area contributed by atoms with Gasteiger partial charge in [0.1, 0.15) is 30.4 Å². The quantitative estimate of drug-likeness (QED) is 0.0407. The van der Waals surface area contributed by atoms with Crippen LogP contribution in [0, 0.1) is 0 Å². The molecule has 27 heteroatoms. The van der Waals surface area contributed by atoms with E-state index in [1.165, 1.54) is 29.1 Å². The summed E-state index contributed by atoms with van der Waals surface area (Å²) in [6.45, 7) is -2.62. The lowest BCUT2D eigenvalue weighted by Gasteiger charge is -2.22. The summed E-state index contributed by atoms with van der Waals surface area (Å²) in [5, 5.41) is 20.6. The number of hydrogen-bond donors (Lipinski definition) is 8. The van der Waals surface area contributed by atoms with Crippen molar-refractivity contribution in [3.8, 4) is 0 Å². The number of amides is 1. The Balaban J connectivity index is 1.40. The van der Waals surface area contributed by atoms with E-state index in [2.05, 4.69) is 32.8 Å². The third-order valence-electron chi connectivity index (χ3n) is 6.00. The van der Waals surface area contributed by atoms with Crippen LogP contribution in [-0.4, -0.2) is 99.1 Å². The molecule has 0 aliphatic carbocycles. The highest BCUT2D eigenvalue weighted by atomic mass is 31.3. The number of nitrogens with zero attached hydrogens (tertiary/aromatic N) is 5. The fourth-order valence-electron chi connectivity index (χ4n) is 3.86. The van der Waals surface area contributed by atoms with Crippen LogP contribution in [0.15, 0.2) is 42.9 Å². The van der Waals surface area contributed by atoms with Gasteiger partial charge in [0.25, 0.3) is 12.6 Å². The Bertz CT molecular complexity index is 1850. The molecule has 48 heavy (non-hydrogen) atoms. The Morgan fingerprint density at radius 3 is 2.52 bits per heavy atom. The van der Waals surface area contributed by atoms with Crippen LogP contribution in [0.25, 0.3) is 17.0 Å². The minimum absolute atomic E-state index is 0.00978. The maximum atomic E-state index is 12.5. The molecule has 0 saturated heterocycles. The van der Waals surface area contributed by atoms with Crippen molar-refractivity contribution in [1.82, 2.24) is 19.5 Å². The van der Waals surface area contributed by atoms with E-state index >= 15 is 0 Å². The van der Waals surface area contributed by atoms with Crippen molar-refractivity contribution in [2.24, 2.45) is 5.73 Å². The highest BCUT2D eigenvalue weighted by Gasteiger charge is 2.44. The number of imidazole rings is 1. The lowest BCUT2D eigenvalue weighted by molar-refractivity contribution is -0.735. The molecule has 0 fully saturated rings. The van der Waals surface area contributed by atoms with E-state index in [9.17, 15) is 53.1 Å². The van der Waals surface area contributed by atoms with Crippen LogP contribution in [0.5, 0.6) is 0 Å². The molecule has 1 aliphatic heterocycles. The Kier molecular flexibility index (Phi) is 11.4. The second-order valence-corrected chi connectivity index (χ2v) is 13.6. The molecular weight excluding hydrogens is 715 g/mol. The Morgan fingerprint density at radius 2 is 1.85 bits per heavy atom. The van der Waals surface area contributed by atoms with Crippen LogP contribution >= 0.6 is 23.5 Å². The molecule has 0 saturated carbocycles. The van der Waals surface area contributed by atoms with E-state index in [0.29, 0.717) is 0 Å². The number of aldehydes is 1. The van der Waals surface area contributed by atoms with Crippen molar-refractivity contribution in [2.45, 2.75) is 31.1 Å². The van der Waals surface area contributed by atoms with E-state index in [-0.39, 0.29) is 28.8 Å². The summed E-state index contributed by atoms with van der Waals surface area (Å²) in [6, 6.07) is 2.83. The third kappa shape index (κ3) is 9.45. The summed E-state index contributed by atoms with van der Waals surface area (Å²) in [4.78, 5) is 72.9. The number of rotatable bonds is 17. The first-order chi connectivity index (χ1) is 22.4. The number of carbonyl (C=O) groups is 2. The van der Waals surface area contributed by atoms with Gasteiger partial charge in [0.15, 0.2) is 47.9 Å². The number of hydrogen-bond acceptors (Lipinski definition) is 17. The molecular formula is C21H27N7O17P3+. The highest BCUT2D eigenvalue weighted by Crippen LogP contribution is 2.60. The number of fused-ring (bicyclic) bond motifs is 1. The maximum Gasteiger partial charge on any atom is 0.524 e. The number of carbonyl (C=O) groups excluding carboxylic acids is 2. The number of nitrogens with two attached hydrogens (primary N) is 2. The fraction of sp³-hybridized carbons (Fsp3) is 0.333. The zero-order chi connectivity index (χ0) is 35.4. The number of aromatic nitrogens is 5. The van der Waals surface area contributed by atoms with Crippen LogP contribution in [-0.2, 0) is 52.6 Å². The molecule has 4 rings (SSSR count). The molecule has 1 amide bonds. The molecule has 6 atom stereocenters. The van der Waals surface area contributed by atoms with Crippen LogP contribution in [0.2, 0.25) is 0 Å². The molecule has 2 unspecified atom stereocenters. The molecule has 1 aliphatic rings. The van der Waals surface area contributed by atoms with Gasteiger partial charge >= 0.3 is 23.5 Å². The van der Waals surface area contributed by atoms with Crippen LogP contribution in [0.4, 0.5) is 5.82 Å².